The van der Waals surface area contributed by atoms with Crippen LogP contribution in [-0.2, 0) is 16.4 Å². The van der Waals surface area contributed by atoms with E-state index < -0.39 is 9.84 Å². The number of hydrogen-bond acceptors (Lipinski definition) is 5. The van der Waals surface area contributed by atoms with Crippen LogP contribution in [0.3, 0.4) is 0 Å². The lowest BCUT2D eigenvalue weighted by Gasteiger charge is -2.16. The molecule has 1 N–H and O–H groups in total. The molecule has 0 bridgehead atoms. The van der Waals surface area contributed by atoms with Gasteiger partial charge in [0.25, 0.3) is 0 Å². The summed E-state index contributed by atoms with van der Waals surface area (Å²) in [7, 11) is -1.53. The number of ether oxygens (including phenoxy) is 2. The Hall–Kier alpha value is -1.27. The maximum Gasteiger partial charge on any atom is 0.165 e. The molecule has 0 amide bonds. The lowest BCUT2D eigenvalue weighted by molar-refractivity contribution is 0.307. The van der Waals surface area contributed by atoms with Crippen molar-refractivity contribution in [3.8, 4) is 11.5 Å². The smallest absolute Gasteiger partial charge is 0.165 e. The van der Waals surface area contributed by atoms with Gasteiger partial charge in [0.05, 0.1) is 18.1 Å². The van der Waals surface area contributed by atoms with Crippen molar-refractivity contribution in [2.24, 2.45) is 0 Å². The van der Waals surface area contributed by atoms with Gasteiger partial charge in [-0.25, -0.2) is 8.42 Å². The normalized spacial score (nSPS) is 11.7. The zero-order valence-corrected chi connectivity index (χ0v) is 14.0. The second-order valence-corrected chi connectivity index (χ2v) is 7.67. The molecule has 6 heteroatoms. The third-order valence-corrected chi connectivity index (χ3v) is 5.35. The van der Waals surface area contributed by atoms with Crippen molar-refractivity contribution in [2.45, 2.75) is 32.6 Å². The summed E-state index contributed by atoms with van der Waals surface area (Å²) in [6, 6.07) is 5.64. The summed E-state index contributed by atoms with van der Waals surface area (Å²) in [6.45, 7) is 7.00. The monoisotopic (exact) mass is 315 g/mol. The van der Waals surface area contributed by atoms with Crippen LogP contribution < -0.4 is 14.8 Å². The highest BCUT2D eigenvalue weighted by Crippen LogP contribution is 2.31. The van der Waals surface area contributed by atoms with Crippen molar-refractivity contribution >= 4 is 9.84 Å². The fourth-order valence-corrected chi connectivity index (χ4v) is 2.57. The molecule has 0 saturated carbocycles. The van der Waals surface area contributed by atoms with Crippen molar-refractivity contribution in [2.75, 3.05) is 26.0 Å². The first-order valence-corrected chi connectivity index (χ1v) is 8.84. The van der Waals surface area contributed by atoms with Crippen LogP contribution in [0.4, 0.5) is 0 Å². The summed E-state index contributed by atoms with van der Waals surface area (Å²) in [5.41, 5.74) is 0.957. The number of para-hydroxylation sites is 1. The maximum absolute atomic E-state index is 11.8. The van der Waals surface area contributed by atoms with Crippen molar-refractivity contribution in [3.05, 3.63) is 23.8 Å². The van der Waals surface area contributed by atoms with Gasteiger partial charge in [-0.3, -0.25) is 0 Å². The van der Waals surface area contributed by atoms with E-state index in [1.165, 1.54) is 0 Å². The zero-order valence-electron chi connectivity index (χ0n) is 13.2. The molecule has 0 unspecified atom stereocenters. The van der Waals surface area contributed by atoms with Gasteiger partial charge in [0.15, 0.2) is 21.3 Å². The number of benzene rings is 1. The van der Waals surface area contributed by atoms with Crippen LogP contribution >= 0.6 is 0 Å². The van der Waals surface area contributed by atoms with E-state index >= 15 is 0 Å². The van der Waals surface area contributed by atoms with Crippen LogP contribution in [0, 0.1) is 0 Å². The first kappa shape index (κ1) is 17.8. The Morgan fingerprint density at radius 2 is 2.00 bits per heavy atom. The van der Waals surface area contributed by atoms with Gasteiger partial charge in [0, 0.05) is 12.1 Å². The average Bonchev–Trinajstić information content (AvgIpc) is 2.45. The SMILES string of the molecule is CCNCc1cccc(OC)c1OCCS(=O)(=O)C(C)C. The van der Waals surface area contributed by atoms with Gasteiger partial charge < -0.3 is 14.8 Å². The molecule has 1 aromatic rings. The Labute approximate surface area is 127 Å². The van der Waals surface area contributed by atoms with E-state index in [0.717, 1.165) is 12.1 Å². The number of methoxy groups -OCH3 is 1. The first-order chi connectivity index (χ1) is 9.92. The molecule has 21 heavy (non-hydrogen) atoms. The van der Waals surface area contributed by atoms with Gasteiger partial charge in [-0.1, -0.05) is 19.1 Å². The number of rotatable bonds is 9. The van der Waals surface area contributed by atoms with Crippen LogP contribution in [0.15, 0.2) is 18.2 Å². The molecule has 0 radical (unpaired) electrons. The van der Waals surface area contributed by atoms with Gasteiger partial charge in [-0.05, 0) is 26.5 Å². The van der Waals surface area contributed by atoms with E-state index in [0.29, 0.717) is 18.0 Å². The van der Waals surface area contributed by atoms with E-state index in [9.17, 15) is 8.42 Å². The number of sulfone groups is 1. The van der Waals surface area contributed by atoms with Crippen LogP contribution in [0.5, 0.6) is 11.5 Å². The van der Waals surface area contributed by atoms with Crippen molar-refractivity contribution < 1.29 is 17.9 Å². The van der Waals surface area contributed by atoms with E-state index in [2.05, 4.69) is 5.32 Å². The predicted octanol–water partition coefficient (Wildman–Crippen LogP) is 2.01. The number of nitrogens with one attached hydrogen (secondary N) is 1. The topological polar surface area (TPSA) is 64.6 Å². The molecule has 0 aliphatic carbocycles. The van der Waals surface area contributed by atoms with E-state index in [-0.39, 0.29) is 17.6 Å². The minimum absolute atomic E-state index is 0.00333. The third kappa shape index (κ3) is 5.21. The highest BCUT2D eigenvalue weighted by molar-refractivity contribution is 7.91. The zero-order chi connectivity index (χ0) is 15.9. The molecule has 0 aromatic heterocycles. The molecule has 0 saturated heterocycles. The largest absolute Gasteiger partial charge is 0.493 e. The van der Waals surface area contributed by atoms with E-state index in [4.69, 9.17) is 9.47 Å². The molecule has 0 aliphatic heterocycles. The quantitative estimate of drug-likeness (QED) is 0.755. The summed E-state index contributed by atoms with van der Waals surface area (Å²) >= 11 is 0. The molecule has 120 valence electrons. The lowest BCUT2D eigenvalue weighted by Crippen LogP contribution is -2.22. The predicted molar refractivity (Wildman–Crippen MR) is 84.8 cm³/mol. The Morgan fingerprint density at radius 3 is 2.57 bits per heavy atom. The molecule has 1 rings (SSSR count). The molecule has 5 nitrogen and oxygen atoms in total. The Kier molecular flexibility index (Phi) is 6.98. The second-order valence-electron chi connectivity index (χ2n) is 4.99. The minimum atomic E-state index is -3.10. The van der Waals surface area contributed by atoms with E-state index in [1.54, 1.807) is 21.0 Å². The third-order valence-electron chi connectivity index (χ3n) is 3.18. The molecule has 0 heterocycles. The Morgan fingerprint density at radius 1 is 1.29 bits per heavy atom. The Bertz CT molecular complexity index is 541. The van der Waals surface area contributed by atoms with Crippen molar-refractivity contribution in [1.29, 1.82) is 0 Å². The summed E-state index contributed by atoms with van der Waals surface area (Å²) in [4.78, 5) is 0. The second kappa shape index (κ2) is 8.24. The summed E-state index contributed by atoms with van der Waals surface area (Å²) in [5.74, 6) is 1.23. The highest BCUT2D eigenvalue weighted by Gasteiger charge is 2.17. The van der Waals surface area contributed by atoms with Crippen molar-refractivity contribution in [1.82, 2.24) is 5.32 Å². The van der Waals surface area contributed by atoms with Gasteiger partial charge in [-0.2, -0.15) is 0 Å². The lowest BCUT2D eigenvalue weighted by atomic mass is 10.2. The number of hydrogen-bond donors (Lipinski definition) is 1. The van der Waals surface area contributed by atoms with Gasteiger partial charge in [0.1, 0.15) is 6.61 Å². The van der Waals surface area contributed by atoms with Crippen LogP contribution in [0.1, 0.15) is 26.3 Å². The molecular formula is C15H25NO4S. The van der Waals surface area contributed by atoms with Gasteiger partial charge >= 0.3 is 0 Å². The van der Waals surface area contributed by atoms with Gasteiger partial charge in [0.2, 0.25) is 0 Å². The molecule has 0 aliphatic rings. The fraction of sp³-hybridized carbons (Fsp3) is 0.600. The maximum atomic E-state index is 11.8. The molecule has 0 spiro atoms. The first-order valence-electron chi connectivity index (χ1n) is 7.13. The van der Waals surface area contributed by atoms with Crippen LogP contribution in [0.25, 0.3) is 0 Å². The molecule has 0 fully saturated rings. The van der Waals surface area contributed by atoms with E-state index in [1.807, 2.05) is 25.1 Å². The van der Waals surface area contributed by atoms with Crippen molar-refractivity contribution in [3.63, 3.8) is 0 Å². The van der Waals surface area contributed by atoms with Crippen LogP contribution in [0.2, 0.25) is 0 Å². The summed E-state index contributed by atoms with van der Waals surface area (Å²) in [5, 5.41) is 2.84. The molecule has 1 aromatic carbocycles. The molecule has 0 atom stereocenters. The summed E-state index contributed by atoms with van der Waals surface area (Å²) in [6.07, 6.45) is 0. The average molecular weight is 315 g/mol. The standard InChI is InChI=1S/C15H25NO4S/c1-5-16-11-13-7-6-8-14(19-4)15(13)20-9-10-21(17,18)12(2)3/h6-8,12,16H,5,9-11H2,1-4H3. The Balaban J connectivity index is 2.81. The fourth-order valence-electron chi connectivity index (χ4n) is 1.78. The van der Waals surface area contributed by atoms with Gasteiger partial charge in [-0.15, -0.1) is 0 Å². The molecular weight excluding hydrogens is 290 g/mol. The summed E-state index contributed by atoms with van der Waals surface area (Å²) < 4.78 is 34.6. The highest BCUT2D eigenvalue weighted by atomic mass is 32.2. The minimum Gasteiger partial charge on any atom is -0.493 e. The van der Waals surface area contributed by atoms with Crippen LogP contribution in [-0.4, -0.2) is 39.7 Å².